The fraction of sp³-hybridized carbons (Fsp3) is 0.500. The Morgan fingerprint density at radius 1 is 1.20 bits per heavy atom. The first-order valence-electron chi connectivity index (χ1n) is 5.31. The Morgan fingerprint density at radius 3 is 2.40 bits per heavy atom. The Kier molecular flexibility index (Phi) is 3.83. The summed E-state index contributed by atoms with van der Waals surface area (Å²) in [6.45, 7) is 8.17. The fourth-order valence-corrected chi connectivity index (χ4v) is 1.31. The number of nitrogens with two attached hydrogens (primary N) is 1. The second kappa shape index (κ2) is 4.91. The zero-order valence-corrected chi connectivity index (χ0v) is 9.87. The smallest absolute Gasteiger partial charge is 0.144 e. The first-order chi connectivity index (χ1) is 6.99. The van der Waals surface area contributed by atoms with Crippen LogP contribution < -0.4 is 15.8 Å². The predicted octanol–water partition coefficient (Wildman–Crippen LogP) is 2.88. The van der Waals surface area contributed by atoms with Gasteiger partial charge in [0.05, 0.1) is 11.8 Å². The maximum Gasteiger partial charge on any atom is 0.144 e. The van der Waals surface area contributed by atoms with E-state index in [9.17, 15) is 0 Å². The zero-order valence-electron chi connectivity index (χ0n) is 9.87. The van der Waals surface area contributed by atoms with Crippen LogP contribution in [0.15, 0.2) is 18.2 Å². The molecule has 1 rings (SSSR count). The minimum atomic E-state index is 0.140. The second-order valence-electron chi connectivity index (χ2n) is 4.22. The van der Waals surface area contributed by atoms with E-state index in [1.807, 2.05) is 32.0 Å². The van der Waals surface area contributed by atoms with Crippen LogP contribution in [0.3, 0.4) is 0 Å². The molecule has 0 aliphatic carbocycles. The molecule has 0 fully saturated rings. The molecular formula is C12H20N2O. The van der Waals surface area contributed by atoms with Crippen LogP contribution >= 0.6 is 0 Å². The molecule has 0 atom stereocenters. The van der Waals surface area contributed by atoms with Gasteiger partial charge in [0.15, 0.2) is 0 Å². The van der Waals surface area contributed by atoms with Gasteiger partial charge in [-0.3, -0.25) is 0 Å². The third-order valence-electron chi connectivity index (χ3n) is 1.83. The normalized spacial score (nSPS) is 10.8. The van der Waals surface area contributed by atoms with Crippen LogP contribution in [-0.2, 0) is 0 Å². The van der Waals surface area contributed by atoms with E-state index in [4.69, 9.17) is 10.5 Å². The molecule has 0 aliphatic heterocycles. The van der Waals surface area contributed by atoms with Crippen LogP contribution in [0.25, 0.3) is 0 Å². The molecule has 0 amide bonds. The number of nitrogen functional groups attached to an aromatic ring is 1. The first kappa shape index (κ1) is 11.7. The van der Waals surface area contributed by atoms with Crippen molar-refractivity contribution in [3.05, 3.63) is 18.2 Å². The second-order valence-corrected chi connectivity index (χ2v) is 4.22. The van der Waals surface area contributed by atoms with Crippen molar-refractivity contribution in [3.63, 3.8) is 0 Å². The van der Waals surface area contributed by atoms with Crippen LogP contribution in [0.5, 0.6) is 5.75 Å². The molecule has 84 valence electrons. The zero-order chi connectivity index (χ0) is 11.4. The van der Waals surface area contributed by atoms with Gasteiger partial charge < -0.3 is 15.8 Å². The summed E-state index contributed by atoms with van der Waals surface area (Å²) in [4.78, 5) is 0. The van der Waals surface area contributed by atoms with E-state index in [0.717, 1.165) is 11.4 Å². The van der Waals surface area contributed by atoms with Gasteiger partial charge in [0, 0.05) is 17.8 Å². The van der Waals surface area contributed by atoms with Crippen molar-refractivity contribution in [1.82, 2.24) is 0 Å². The van der Waals surface area contributed by atoms with Crippen LogP contribution in [0.2, 0.25) is 0 Å². The number of rotatable bonds is 4. The molecule has 3 N–H and O–H groups in total. The van der Waals surface area contributed by atoms with Gasteiger partial charge in [-0.05, 0) is 39.8 Å². The van der Waals surface area contributed by atoms with E-state index in [1.165, 1.54) is 0 Å². The van der Waals surface area contributed by atoms with Gasteiger partial charge in [-0.15, -0.1) is 0 Å². The lowest BCUT2D eigenvalue weighted by atomic mass is 10.2. The van der Waals surface area contributed by atoms with Gasteiger partial charge in [0.25, 0.3) is 0 Å². The van der Waals surface area contributed by atoms with Crippen molar-refractivity contribution in [2.24, 2.45) is 0 Å². The average Bonchev–Trinajstić information content (AvgIpc) is 2.09. The Morgan fingerprint density at radius 2 is 1.87 bits per heavy atom. The van der Waals surface area contributed by atoms with E-state index in [-0.39, 0.29) is 6.10 Å². The molecule has 0 heterocycles. The molecule has 0 aromatic heterocycles. The summed E-state index contributed by atoms with van der Waals surface area (Å²) >= 11 is 0. The van der Waals surface area contributed by atoms with Gasteiger partial charge in [-0.1, -0.05) is 0 Å². The number of hydrogen-bond acceptors (Lipinski definition) is 3. The van der Waals surface area contributed by atoms with E-state index in [0.29, 0.717) is 11.7 Å². The summed E-state index contributed by atoms with van der Waals surface area (Å²) < 4.78 is 5.60. The molecule has 0 spiro atoms. The van der Waals surface area contributed by atoms with Gasteiger partial charge >= 0.3 is 0 Å². The van der Waals surface area contributed by atoms with Gasteiger partial charge in [-0.2, -0.15) is 0 Å². The van der Waals surface area contributed by atoms with Crippen molar-refractivity contribution in [1.29, 1.82) is 0 Å². The van der Waals surface area contributed by atoms with Crippen molar-refractivity contribution in [2.75, 3.05) is 11.1 Å². The standard InChI is InChI=1S/C12H20N2O/c1-8(2)14-10-5-6-11(13)12(7-10)15-9(3)4/h5-9,14H,13H2,1-4H3. The highest BCUT2D eigenvalue weighted by Gasteiger charge is 2.04. The Balaban J connectivity index is 2.85. The topological polar surface area (TPSA) is 47.3 Å². The number of ether oxygens (including phenoxy) is 1. The monoisotopic (exact) mass is 208 g/mol. The molecule has 0 saturated heterocycles. The van der Waals surface area contributed by atoms with Crippen LogP contribution in [0, 0.1) is 0 Å². The Labute approximate surface area is 91.6 Å². The van der Waals surface area contributed by atoms with E-state index in [2.05, 4.69) is 19.2 Å². The maximum absolute atomic E-state index is 5.82. The van der Waals surface area contributed by atoms with Crippen LogP contribution in [0.1, 0.15) is 27.7 Å². The third kappa shape index (κ3) is 3.70. The molecule has 0 aliphatic rings. The van der Waals surface area contributed by atoms with Crippen molar-refractivity contribution < 1.29 is 4.74 Å². The molecule has 3 heteroatoms. The van der Waals surface area contributed by atoms with Gasteiger partial charge in [0.2, 0.25) is 0 Å². The van der Waals surface area contributed by atoms with E-state index in [1.54, 1.807) is 0 Å². The Hall–Kier alpha value is -1.38. The lowest BCUT2D eigenvalue weighted by molar-refractivity contribution is 0.244. The molecule has 15 heavy (non-hydrogen) atoms. The van der Waals surface area contributed by atoms with E-state index < -0.39 is 0 Å². The van der Waals surface area contributed by atoms with Crippen molar-refractivity contribution in [3.8, 4) is 5.75 Å². The van der Waals surface area contributed by atoms with Crippen molar-refractivity contribution in [2.45, 2.75) is 39.8 Å². The number of anilines is 2. The number of benzene rings is 1. The number of nitrogens with one attached hydrogen (secondary N) is 1. The molecule has 1 aromatic carbocycles. The average molecular weight is 208 g/mol. The summed E-state index contributed by atoms with van der Waals surface area (Å²) in [7, 11) is 0. The molecule has 0 saturated carbocycles. The maximum atomic E-state index is 5.82. The third-order valence-corrected chi connectivity index (χ3v) is 1.83. The summed E-state index contributed by atoms with van der Waals surface area (Å²) in [5, 5.41) is 3.31. The van der Waals surface area contributed by atoms with Crippen LogP contribution in [-0.4, -0.2) is 12.1 Å². The minimum Gasteiger partial charge on any atom is -0.489 e. The molecule has 0 unspecified atom stereocenters. The predicted molar refractivity (Wildman–Crippen MR) is 65.4 cm³/mol. The summed E-state index contributed by atoms with van der Waals surface area (Å²) in [6.07, 6.45) is 0.140. The Bertz CT molecular complexity index is 321. The SMILES string of the molecule is CC(C)Nc1ccc(N)c(OC(C)C)c1. The molecule has 3 nitrogen and oxygen atoms in total. The highest BCUT2D eigenvalue weighted by molar-refractivity contribution is 5.61. The first-order valence-corrected chi connectivity index (χ1v) is 5.31. The highest BCUT2D eigenvalue weighted by atomic mass is 16.5. The summed E-state index contributed by atoms with van der Waals surface area (Å²) in [6, 6.07) is 6.17. The molecule has 0 radical (unpaired) electrons. The highest BCUT2D eigenvalue weighted by Crippen LogP contribution is 2.26. The lowest BCUT2D eigenvalue weighted by Crippen LogP contribution is -2.11. The number of hydrogen-bond donors (Lipinski definition) is 2. The van der Waals surface area contributed by atoms with E-state index >= 15 is 0 Å². The largest absolute Gasteiger partial charge is 0.489 e. The van der Waals surface area contributed by atoms with Gasteiger partial charge in [-0.25, -0.2) is 0 Å². The lowest BCUT2D eigenvalue weighted by Gasteiger charge is -2.15. The summed E-state index contributed by atoms with van der Waals surface area (Å²) in [5.41, 5.74) is 7.53. The molecule has 1 aromatic rings. The van der Waals surface area contributed by atoms with Crippen LogP contribution in [0.4, 0.5) is 11.4 Å². The minimum absolute atomic E-state index is 0.140. The molecular weight excluding hydrogens is 188 g/mol. The van der Waals surface area contributed by atoms with Gasteiger partial charge in [0.1, 0.15) is 5.75 Å². The fourth-order valence-electron chi connectivity index (χ4n) is 1.31. The van der Waals surface area contributed by atoms with Crippen molar-refractivity contribution >= 4 is 11.4 Å². The summed E-state index contributed by atoms with van der Waals surface area (Å²) in [5.74, 6) is 0.746. The molecule has 0 bridgehead atoms. The quantitative estimate of drug-likeness (QED) is 0.748.